The summed E-state index contributed by atoms with van der Waals surface area (Å²) >= 11 is 11.7. The van der Waals surface area contributed by atoms with Crippen molar-refractivity contribution < 1.29 is 45.4 Å². The number of hydrogen-bond donors (Lipinski definition) is 1. The highest BCUT2D eigenvalue weighted by Crippen LogP contribution is 2.54. The summed E-state index contributed by atoms with van der Waals surface area (Å²) in [6.45, 7) is 0.976. The van der Waals surface area contributed by atoms with E-state index in [2.05, 4.69) is 5.10 Å². The van der Waals surface area contributed by atoms with Gasteiger partial charge in [-0.25, -0.2) is 0 Å². The highest BCUT2D eigenvalue weighted by molar-refractivity contribution is 6.35. The minimum atomic E-state index is -6.75. The van der Waals surface area contributed by atoms with Gasteiger partial charge in [0.25, 0.3) is 5.91 Å². The third-order valence-corrected chi connectivity index (χ3v) is 5.63. The lowest BCUT2D eigenvalue weighted by Crippen LogP contribution is -2.69. The van der Waals surface area contributed by atoms with E-state index in [1.807, 2.05) is 0 Å². The number of amides is 1. The molecule has 0 bridgehead atoms. The van der Waals surface area contributed by atoms with E-state index in [9.17, 15) is 40.6 Å². The zero-order valence-corrected chi connectivity index (χ0v) is 19.0. The maximum atomic E-state index is 14.8. The first-order chi connectivity index (χ1) is 16.0. The van der Waals surface area contributed by atoms with Gasteiger partial charge < -0.3 is 9.84 Å². The van der Waals surface area contributed by atoms with Crippen LogP contribution in [-0.4, -0.2) is 51.6 Å². The zero-order valence-electron chi connectivity index (χ0n) is 17.5. The van der Waals surface area contributed by atoms with Crippen molar-refractivity contribution in [1.82, 2.24) is 5.01 Å². The van der Waals surface area contributed by atoms with Crippen LogP contribution in [0.4, 0.5) is 30.7 Å². The molecule has 1 aliphatic heterocycles. The zero-order chi connectivity index (χ0) is 26.4. The van der Waals surface area contributed by atoms with Crippen molar-refractivity contribution in [2.75, 3.05) is 0 Å². The summed E-state index contributed by atoms with van der Waals surface area (Å²) in [5.74, 6) is -14.8. The number of hydrazone groups is 1. The lowest BCUT2D eigenvalue weighted by Gasteiger charge is -2.41. The Kier molecular flexibility index (Phi) is 7.06. The Hall–Kier alpha value is -2.57. The summed E-state index contributed by atoms with van der Waals surface area (Å²) in [7, 11) is 0. The standard InChI is InChI=1S/C21H15Cl2F7N2O3/c1-11(35-16-8-7-13(22)9-14(16)23)17(33)32-18(34,19(24,25)20(26,27)21(28,29)30)10-15(31-32)12-5-3-2-4-6-12/h2-9,11,34H,10H2,1H3/t11-,18+/m0/s1. The van der Waals surface area contributed by atoms with Crippen molar-refractivity contribution in [3.8, 4) is 5.75 Å². The molecule has 0 radical (unpaired) electrons. The van der Waals surface area contributed by atoms with Gasteiger partial charge in [0.1, 0.15) is 5.75 Å². The number of carbonyl (C=O) groups excluding carboxylic acids is 1. The molecule has 0 saturated heterocycles. The second-order valence-electron chi connectivity index (χ2n) is 7.54. The molecule has 0 fully saturated rings. The van der Waals surface area contributed by atoms with Crippen molar-refractivity contribution in [2.45, 2.75) is 43.2 Å². The molecule has 2 atom stereocenters. The van der Waals surface area contributed by atoms with Crippen LogP contribution in [0.2, 0.25) is 10.0 Å². The van der Waals surface area contributed by atoms with E-state index in [1.54, 1.807) is 0 Å². The van der Waals surface area contributed by atoms with Gasteiger partial charge in [-0.05, 0) is 30.7 Å². The molecule has 2 aromatic carbocycles. The van der Waals surface area contributed by atoms with Crippen molar-refractivity contribution >= 4 is 34.8 Å². The molecule has 0 aliphatic carbocycles. The fourth-order valence-electron chi connectivity index (χ4n) is 3.23. The number of alkyl halides is 7. The molecule has 0 saturated carbocycles. The highest BCUT2D eigenvalue weighted by Gasteiger charge is 2.82. The molecule has 14 heteroatoms. The van der Waals surface area contributed by atoms with Gasteiger partial charge in [0, 0.05) is 11.4 Å². The largest absolute Gasteiger partial charge is 0.479 e. The number of benzene rings is 2. The predicted molar refractivity (Wildman–Crippen MR) is 112 cm³/mol. The van der Waals surface area contributed by atoms with Crippen LogP contribution < -0.4 is 4.74 Å². The first-order valence-electron chi connectivity index (χ1n) is 9.66. The van der Waals surface area contributed by atoms with Gasteiger partial charge in [-0.1, -0.05) is 53.5 Å². The van der Waals surface area contributed by atoms with Gasteiger partial charge >= 0.3 is 18.0 Å². The summed E-state index contributed by atoms with van der Waals surface area (Å²) in [5, 5.41) is 13.7. The van der Waals surface area contributed by atoms with E-state index in [0.717, 1.165) is 6.92 Å². The van der Waals surface area contributed by atoms with Gasteiger partial charge in [0.15, 0.2) is 6.10 Å². The van der Waals surface area contributed by atoms with Crippen molar-refractivity contribution in [2.24, 2.45) is 5.10 Å². The second-order valence-corrected chi connectivity index (χ2v) is 8.38. The predicted octanol–water partition coefficient (Wildman–Crippen LogP) is 5.92. The molecular weight excluding hydrogens is 532 g/mol. The minimum absolute atomic E-state index is 0.00154. The second kappa shape index (κ2) is 9.14. The smallest absolute Gasteiger partial charge is 0.460 e. The van der Waals surface area contributed by atoms with Crippen LogP contribution in [0, 0.1) is 0 Å². The maximum absolute atomic E-state index is 14.8. The fourth-order valence-corrected chi connectivity index (χ4v) is 3.68. The first-order valence-corrected chi connectivity index (χ1v) is 10.4. The fraction of sp³-hybridized carbons (Fsp3) is 0.333. The number of rotatable bonds is 6. The van der Waals surface area contributed by atoms with Crippen LogP contribution in [0.3, 0.4) is 0 Å². The molecule has 0 aromatic heterocycles. The van der Waals surface area contributed by atoms with Crippen LogP contribution in [0.15, 0.2) is 53.6 Å². The Bertz CT molecular complexity index is 1150. The van der Waals surface area contributed by atoms with Gasteiger partial charge in [0.2, 0.25) is 5.72 Å². The average Bonchev–Trinajstić information content (AvgIpc) is 3.14. The Morgan fingerprint density at radius 1 is 1.09 bits per heavy atom. The van der Waals surface area contributed by atoms with E-state index < -0.39 is 52.9 Å². The Morgan fingerprint density at radius 2 is 1.69 bits per heavy atom. The molecular formula is C21H15Cl2F7N2O3. The Balaban J connectivity index is 2.05. The van der Waals surface area contributed by atoms with E-state index in [-0.39, 0.29) is 21.4 Å². The summed E-state index contributed by atoms with van der Waals surface area (Å²) in [6, 6.07) is 10.6. The molecule has 1 amide bonds. The number of carbonyl (C=O) groups is 1. The van der Waals surface area contributed by atoms with Crippen LogP contribution >= 0.6 is 23.2 Å². The summed E-state index contributed by atoms with van der Waals surface area (Å²) in [6.07, 6.45) is -10.1. The number of hydrogen-bond acceptors (Lipinski definition) is 4. The molecule has 3 rings (SSSR count). The third-order valence-electron chi connectivity index (χ3n) is 5.10. The SMILES string of the molecule is C[C@H](Oc1ccc(Cl)cc1Cl)C(=O)N1N=C(c2ccccc2)C[C@@]1(O)C(F)(F)C(F)(F)C(F)(F)F. The molecule has 0 spiro atoms. The normalized spacial score (nSPS) is 20.0. The molecule has 190 valence electrons. The van der Waals surface area contributed by atoms with E-state index in [0.29, 0.717) is 0 Å². The molecule has 1 aliphatic rings. The van der Waals surface area contributed by atoms with Crippen molar-refractivity contribution in [1.29, 1.82) is 0 Å². The van der Waals surface area contributed by atoms with E-state index in [4.69, 9.17) is 27.9 Å². The van der Waals surface area contributed by atoms with Gasteiger partial charge in [-0.15, -0.1) is 0 Å². The molecule has 2 aromatic rings. The van der Waals surface area contributed by atoms with Gasteiger partial charge in [-0.2, -0.15) is 40.8 Å². The minimum Gasteiger partial charge on any atom is -0.479 e. The molecule has 1 N–H and O–H groups in total. The number of aliphatic hydroxyl groups is 1. The molecule has 5 nitrogen and oxygen atoms in total. The lowest BCUT2D eigenvalue weighted by atomic mass is 9.91. The molecule has 1 heterocycles. The first kappa shape index (κ1) is 27.0. The maximum Gasteiger partial charge on any atom is 0.460 e. The topological polar surface area (TPSA) is 62.1 Å². The van der Waals surface area contributed by atoms with Gasteiger partial charge in [0.05, 0.1) is 10.7 Å². The number of ether oxygens (including phenoxy) is 1. The summed E-state index contributed by atoms with van der Waals surface area (Å²) in [5.41, 5.74) is -4.92. The lowest BCUT2D eigenvalue weighted by molar-refractivity contribution is -0.401. The van der Waals surface area contributed by atoms with Crippen LogP contribution in [0.5, 0.6) is 5.75 Å². The monoisotopic (exact) mass is 546 g/mol. The van der Waals surface area contributed by atoms with Crippen LogP contribution in [0.25, 0.3) is 0 Å². The quantitative estimate of drug-likeness (QED) is 0.457. The molecule has 0 unspecified atom stereocenters. The third kappa shape index (κ3) is 4.66. The van der Waals surface area contributed by atoms with Crippen molar-refractivity contribution in [3.63, 3.8) is 0 Å². The van der Waals surface area contributed by atoms with E-state index >= 15 is 0 Å². The molecule has 35 heavy (non-hydrogen) atoms. The Labute approximate surface area is 203 Å². The van der Waals surface area contributed by atoms with Crippen molar-refractivity contribution in [3.05, 3.63) is 64.1 Å². The summed E-state index contributed by atoms with van der Waals surface area (Å²) in [4.78, 5) is 12.9. The van der Waals surface area contributed by atoms with Crippen LogP contribution in [-0.2, 0) is 4.79 Å². The van der Waals surface area contributed by atoms with Gasteiger partial charge in [-0.3, -0.25) is 4.79 Å². The number of halogens is 9. The summed E-state index contributed by atoms with van der Waals surface area (Å²) < 4.78 is 101. The Morgan fingerprint density at radius 3 is 2.23 bits per heavy atom. The average molecular weight is 547 g/mol. The number of nitrogens with zero attached hydrogens (tertiary/aromatic N) is 2. The van der Waals surface area contributed by atoms with Crippen LogP contribution in [0.1, 0.15) is 18.9 Å². The highest BCUT2D eigenvalue weighted by atomic mass is 35.5. The van der Waals surface area contributed by atoms with E-state index in [1.165, 1.54) is 48.5 Å².